The zero-order chi connectivity index (χ0) is 27.8. The second-order valence-corrected chi connectivity index (χ2v) is 10.6. The van der Waals surface area contributed by atoms with E-state index in [0.717, 1.165) is 24.8 Å². The van der Waals surface area contributed by atoms with Crippen LogP contribution in [0.4, 0.5) is 19.2 Å². The lowest BCUT2D eigenvalue weighted by Crippen LogP contribution is -2.14. The van der Waals surface area contributed by atoms with Gasteiger partial charge in [-0.1, -0.05) is 94.4 Å². The van der Waals surface area contributed by atoms with Gasteiger partial charge >= 0.3 is 21.2 Å². The first-order chi connectivity index (χ1) is 18.3. The summed E-state index contributed by atoms with van der Waals surface area (Å²) in [4.78, 5) is 45.2. The molecule has 8 nitrogen and oxygen atoms in total. The molecular formula is C28H34O8S2. The third-order valence-electron chi connectivity index (χ3n) is 5.92. The third-order valence-corrected chi connectivity index (χ3v) is 6.78. The van der Waals surface area contributed by atoms with Gasteiger partial charge in [0.15, 0.2) is 6.10 Å². The predicted octanol–water partition coefficient (Wildman–Crippen LogP) is 8.94. The maximum atomic E-state index is 11.9. The molecule has 2 atom stereocenters. The fourth-order valence-corrected chi connectivity index (χ4v) is 4.70. The van der Waals surface area contributed by atoms with Crippen LogP contribution in [-0.4, -0.2) is 37.5 Å². The second kappa shape index (κ2) is 17.6. The lowest BCUT2D eigenvalue weighted by molar-refractivity contribution is 0.145. The van der Waals surface area contributed by atoms with E-state index in [2.05, 4.69) is 18.8 Å². The van der Waals surface area contributed by atoms with Crippen molar-refractivity contribution in [2.75, 3.05) is 0 Å². The Morgan fingerprint density at radius 2 is 1.55 bits per heavy atom. The van der Waals surface area contributed by atoms with Crippen molar-refractivity contribution in [3.63, 3.8) is 0 Å². The molecule has 0 aliphatic heterocycles. The average molecular weight is 563 g/mol. The molecule has 0 saturated heterocycles. The Hall–Kier alpha value is -2.90. The second-order valence-electron chi connectivity index (χ2n) is 8.81. The van der Waals surface area contributed by atoms with Gasteiger partial charge in [-0.3, -0.25) is 0 Å². The SMILES string of the molecule is CCCCCCCCCCCC(C#CCC1C=Cc2c(OC(=O)SC(=O)O)cccc21)OC(=O)SC(=O)O. The molecule has 0 saturated carbocycles. The van der Waals surface area contributed by atoms with E-state index in [9.17, 15) is 19.2 Å². The number of thioether (sulfide) groups is 2. The highest BCUT2D eigenvalue weighted by Gasteiger charge is 2.22. The van der Waals surface area contributed by atoms with Gasteiger partial charge in [0.25, 0.3) is 0 Å². The van der Waals surface area contributed by atoms with Gasteiger partial charge in [0.1, 0.15) is 5.75 Å². The van der Waals surface area contributed by atoms with Crippen molar-refractivity contribution >= 4 is 50.8 Å². The Morgan fingerprint density at radius 3 is 2.21 bits per heavy atom. The van der Waals surface area contributed by atoms with Gasteiger partial charge in [-0.05, 0) is 24.5 Å². The zero-order valence-corrected chi connectivity index (χ0v) is 23.1. The number of rotatable bonds is 13. The molecule has 0 spiro atoms. The zero-order valence-electron chi connectivity index (χ0n) is 21.5. The minimum absolute atomic E-state index is 0.0645. The van der Waals surface area contributed by atoms with E-state index >= 15 is 0 Å². The summed E-state index contributed by atoms with van der Waals surface area (Å²) < 4.78 is 10.5. The van der Waals surface area contributed by atoms with Gasteiger partial charge in [-0.25, -0.2) is 19.2 Å². The fourth-order valence-electron chi connectivity index (χ4n) is 4.12. The first-order valence-electron chi connectivity index (χ1n) is 12.8. The largest absolute Gasteiger partial charge is 0.473 e. The molecule has 2 N–H and O–H groups in total. The molecule has 0 radical (unpaired) electrons. The molecule has 0 aromatic heterocycles. The Labute approximate surface area is 231 Å². The molecule has 38 heavy (non-hydrogen) atoms. The van der Waals surface area contributed by atoms with Crippen molar-refractivity contribution in [3.8, 4) is 17.6 Å². The Balaban J connectivity index is 1.92. The van der Waals surface area contributed by atoms with Crippen LogP contribution in [0.25, 0.3) is 6.08 Å². The normalized spacial score (nSPS) is 14.2. The predicted molar refractivity (Wildman–Crippen MR) is 150 cm³/mol. The van der Waals surface area contributed by atoms with Gasteiger partial charge in [0, 0.05) is 17.9 Å². The molecule has 0 amide bonds. The molecule has 0 bridgehead atoms. The van der Waals surface area contributed by atoms with Crippen LogP contribution in [0.1, 0.15) is 94.6 Å². The molecule has 2 rings (SSSR count). The lowest BCUT2D eigenvalue weighted by atomic mass is 9.97. The van der Waals surface area contributed by atoms with E-state index in [1.54, 1.807) is 18.2 Å². The summed E-state index contributed by atoms with van der Waals surface area (Å²) in [6.45, 7) is 2.20. The summed E-state index contributed by atoms with van der Waals surface area (Å²) in [7, 11) is 0. The van der Waals surface area contributed by atoms with Crippen LogP contribution in [0.15, 0.2) is 24.3 Å². The molecule has 1 aliphatic carbocycles. The number of hydrogen-bond acceptors (Lipinski definition) is 8. The van der Waals surface area contributed by atoms with Gasteiger partial charge in [0.05, 0.1) is 23.5 Å². The number of fused-ring (bicyclic) bond motifs is 1. The number of carbonyl (C=O) groups excluding carboxylic acids is 2. The summed E-state index contributed by atoms with van der Waals surface area (Å²) in [6.07, 6.45) is 14.4. The van der Waals surface area contributed by atoms with E-state index < -0.39 is 27.3 Å². The molecule has 2 unspecified atom stereocenters. The first kappa shape index (κ1) is 31.3. The van der Waals surface area contributed by atoms with E-state index in [-0.39, 0.29) is 35.2 Å². The molecular weight excluding hydrogens is 528 g/mol. The summed E-state index contributed by atoms with van der Waals surface area (Å²) in [5.41, 5.74) is 1.58. The number of carbonyl (C=O) groups is 4. The van der Waals surface area contributed by atoms with Crippen LogP contribution >= 0.6 is 23.5 Å². The van der Waals surface area contributed by atoms with E-state index in [0.29, 0.717) is 18.4 Å². The standard InChI is InChI=1S/C28H34O8S2/c1-2-3-4-5-6-7-8-9-10-14-21(35-27(33)37-25(29)30)15-11-13-20-18-19-23-22(20)16-12-17-24(23)36-28(34)38-26(31)32/h12,16-21H,2-10,13-14H2,1H3,(H,29,30)(H,31,32). The van der Waals surface area contributed by atoms with Crippen LogP contribution in [0, 0.1) is 11.8 Å². The lowest BCUT2D eigenvalue weighted by Gasteiger charge is -2.12. The number of ether oxygens (including phenoxy) is 2. The number of unbranched alkanes of at least 4 members (excludes halogenated alkanes) is 8. The topological polar surface area (TPSA) is 127 Å². The summed E-state index contributed by atoms with van der Waals surface area (Å²) in [5, 5.41) is 13.1. The Morgan fingerprint density at radius 1 is 0.921 bits per heavy atom. The van der Waals surface area contributed by atoms with Gasteiger partial charge in [-0.2, -0.15) is 0 Å². The van der Waals surface area contributed by atoms with Gasteiger partial charge < -0.3 is 19.7 Å². The van der Waals surface area contributed by atoms with Crippen LogP contribution < -0.4 is 4.74 Å². The number of hydrogen-bond donors (Lipinski definition) is 2. The maximum absolute atomic E-state index is 11.9. The first-order valence-corrected chi connectivity index (χ1v) is 14.5. The number of allylic oxidation sites excluding steroid dienone is 1. The van der Waals surface area contributed by atoms with Crippen LogP contribution in [-0.2, 0) is 4.74 Å². The monoisotopic (exact) mass is 562 g/mol. The van der Waals surface area contributed by atoms with Crippen LogP contribution in [0.2, 0.25) is 0 Å². The van der Waals surface area contributed by atoms with Crippen molar-refractivity contribution in [1.29, 1.82) is 0 Å². The summed E-state index contributed by atoms with van der Waals surface area (Å²) in [6, 6.07) is 5.20. The van der Waals surface area contributed by atoms with E-state index in [4.69, 9.17) is 19.7 Å². The van der Waals surface area contributed by atoms with Gasteiger partial charge in [0.2, 0.25) is 0 Å². The highest BCUT2D eigenvalue weighted by atomic mass is 32.2. The van der Waals surface area contributed by atoms with Crippen LogP contribution in [0.5, 0.6) is 5.75 Å². The highest BCUT2D eigenvalue weighted by Crippen LogP contribution is 2.38. The quantitative estimate of drug-likeness (QED) is 0.137. The molecule has 206 valence electrons. The molecule has 1 aliphatic rings. The minimum atomic E-state index is -1.34. The Bertz CT molecular complexity index is 1060. The third kappa shape index (κ3) is 12.1. The Kier molecular flexibility index (Phi) is 14.5. The van der Waals surface area contributed by atoms with Crippen molar-refractivity contribution in [2.24, 2.45) is 0 Å². The van der Waals surface area contributed by atoms with Crippen LogP contribution in [0.3, 0.4) is 0 Å². The smallest absolute Gasteiger partial charge is 0.383 e. The fraction of sp³-hybridized carbons (Fsp3) is 0.500. The van der Waals surface area contributed by atoms with Crippen molar-refractivity contribution in [3.05, 3.63) is 35.4 Å². The number of carboxylic acid groups (broad SMARTS) is 2. The summed E-state index contributed by atoms with van der Waals surface area (Å²) in [5.74, 6) is 6.25. The van der Waals surface area contributed by atoms with Gasteiger partial charge in [-0.15, -0.1) is 0 Å². The maximum Gasteiger partial charge on any atom is 0.383 e. The van der Waals surface area contributed by atoms with Crippen molar-refractivity contribution in [1.82, 2.24) is 0 Å². The molecule has 10 heteroatoms. The molecule has 1 aromatic carbocycles. The summed E-state index contributed by atoms with van der Waals surface area (Å²) >= 11 is 0.160. The van der Waals surface area contributed by atoms with E-state index in [1.165, 1.54) is 38.5 Å². The van der Waals surface area contributed by atoms with E-state index in [1.807, 2.05) is 12.1 Å². The molecule has 0 fully saturated rings. The highest BCUT2D eigenvalue weighted by molar-refractivity contribution is 8.25. The molecule has 0 heterocycles. The van der Waals surface area contributed by atoms with Crippen molar-refractivity contribution < 1.29 is 38.9 Å². The average Bonchev–Trinajstić information content (AvgIpc) is 3.26. The molecule has 1 aromatic rings. The number of benzene rings is 1. The van der Waals surface area contributed by atoms with Crippen molar-refractivity contribution in [2.45, 2.75) is 89.6 Å². The minimum Gasteiger partial charge on any atom is -0.473 e.